The Bertz CT molecular complexity index is 936. The van der Waals surface area contributed by atoms with Gasteiger partial charge in [0.25, 0.3) is 0 Å². The van der Waals surface area contributed by atoms with Gasteiger partial charge in [-0.25, -0.2) is 0 Å². The highest BCUT2D eigenvalue weighted by molar-refractivity contribution is 6.00. The number of nitrogens with one attached hydrogen (secondary N) is 2. The van der Waals surface area contributed by atoms with Gasteiger partial charge in [0, 0.05) is 35.5 Å². The van der Waals surface area contributed by atoms with Crippen molar-refractivity contribution in [3.05, 3.63) is 84.4 Å². The summed E-state index contributed by atoms with van der Waals surface area (Å²) in [5, 5.41) is 6.11. The second-order valence-electron chi connectivity index (χ2n) is 6.50. The Morgan fingerprint density at radius 1 is 0.759 bits per heavy atom. The molecule has 0 spiro atoms. The summed E-state index contributed by atoms with van der Waals surface area (Å²) in [5.41, 5.74) is 3.21. The number of amides is 1. The molecule has 3 aromatic rings. The fraction of sp³-hybridized carbons (Fsp3) is 0.167. The van der Waals surface area contributed by atoms with Crippen LogP contribution in [-0.4, -0.2) is 18.3 Å². The third kappa shape index (κ3) is 6.21. The van der Waals surface area contributed by atoms with Crippen LogP contribution in [0, 0.1) is 0 Å². The molecule has 0 saturated carbocycles. The van der Waals surface area contributed by atoms with Gasteiger partial charge < -0.3 is 15.4 Å². The van der Waals surface area contributed by atoms with Gasteiger partial charge >= 0.3 is 0 Å². The number of rotatable bonds is 9. The number of benzene rings is 3. The van der Waals surface area contributed by atoms with Crippen molar-refractivity contribution in [2.45, 2.75) is 19.8 Å². The molecule has 3 rings (SSSR count). The number of carbonyl (C=O) groups is 2. The van der Waals surface area contributed by atoms with Crippen molar-refractivity contribution >= 4 is 28.8 Å². The predicted molar refractivity (Wildman–Crippen MR) is 116 cm³/mol. The zero-order valence-electron chi connectivity index (χ0n) is 16.4. The molecular weight excluding hydrogens is 364 g/mol. The van der Waals surface area contributed by atoms with Crippen LogP contribution in [0.15, 0.2) is 78.9 Å². The number of hydrogen-bond donors (Lipinski definition) is 2. The summed E-state index contributed by atoms with van der Waals surface area (Å²) in [7, 11) is 0. The summed E-state index contributed by atoms with van der Waals surface area (Å²) in [5.74, 6) is 0.477. The highest BCUT2D eigenvalue weighted by Gasteiger charge is 2.10. The summed E-state index contributed by atoms with van der Waals surface area (Å²) in [6.07, 6.45) is 0.295. The second-order valence-corrected chi connectivity index (χ2v) is 6.50. The standard InChI is InChI=1S/C24H24N2O3/c1-2-29-22-14-8-18(9-15-22)23(27)16-17-24(28)26-21-12-10-20(11-13-21)25-19-6-4-3-5-7-19/h3-15,25H,2,16-17H2,1H3,(H,26,28). The Labute approximate surface area is 170 Å². The summed E-state index contributed by atoms with van der Waals surface area (Å²) in [4.78, 5) is 24.4. The monoisotopic (exact) mass is 388 g/mol. The zero-order valence-corrected chi connectivity index (χ0v) is 16.4. The molecule has 29 heavy (non-hydrogen) atoms. The highest BCUT2D eigenvalue weighted by atomic mass is 16.5. The van der Waals surface area contributed by atoms with Crippen molar-refractivity contribution < 1.29 is 14.3 Å². The van der Waals surface area contributed by atoms with E-state index in [9.17, 15) is 9.59 Å². The first-order chi connectivity index (χ1) is 14.1. The van der Waals surface area contributed by atoms with Crippen LogP contribution in [0.3, 0.4) is 0 Å². The summed E-state index contributed by atoms with van der Waals surface area (Å²) < 4.78 is 5.37. The number of para-hydroxylation sites is 1. The average molecular weight is 388 g/mol. The van der Waals surface area contributed by atoms with Crippen molar-refractivity contribution in [1.29, 1.82) is 0 Å². The molecule has 0 unspecified atom stereocenters. The zero-order chi connectivity index (χ0) is 20.5. The van der Waals surface area contributed by atoms with Gasteiger partial charge in [0.1, 0.15) is 5.75 Å². The number of Topliss-reactive ketones (excluding diaryl/α,β-unsaturated/α-hetero) is 1. The van der Waals surface area contributed by atoms with Crippen LogP contribution in [0.2, 0.25) is 0 Å². The van der Waals surface area contributed by atoms with E-state index in [0.29, 0.717) is 17.9 Å². The fourth-order valence-corrected chi connectivity index (χ4v) is 2.82. The minimum absolute atomic E-state index is 0.0643. The Morgan fingerprint density at radius 2 is 1.38 bits per heavy atom. The van der Waals surface area contributed by atoms with Crippen molar-refractivity contribution in [2.24, 2.45) is 0 Å². The van der Waals surface area contributed by atoms with Crippen molar-refractivity contribution in [3.8, 4) is 5.75 Å². The molecule has 0 heterocycles. The molecule has 5 nitrogen and oxygen atoms in total. The quantitative estimate of drug-likeness (QED) is 0.480. The average Bonchev–Trinajstić information content (AvgIpc) is 2.75. The van der Waals surface area contributed by atoms with Crippen LogP contribution in [0.25, 0.3) is 0 Å². The third-order valence-electron chi connectivity index (χ3n) is 4.30. The first-order valence-corrected chi connectivity index (χ1v) is 9.62. The van der Waals surface area contributed by atoms with Crippen LogP contribution in [-0.2, 0) is 4.79 Å². The lowest BCUT2D eigenvalue weighted by molar-refractivity contribution is -0.116. The molecule has 0 aromatic heterocycles. The number of hydrogen-bond acceptors (Lipinski definition) is 4. The van der Waals surface area contributed by atoms with E-state index in [0.717, 1.165) is 17.1 Å². The Kier molecular flexibility index (Phi) is 7.00. The maximum atomic E-state index is 12.3. The van der Waals surface area contributed by atoms with E-state index in [1.165, 1.54) is 0 Å². The van der Waals surface area contributed by atoms with E-state index in [-0.39, 0.29) is 24.5 Å². The van der Waals surface area contributed by atoms with Crippen molar-refractivity contribution in [3.63, 3.8) is 0 Å². The van der Waals surface area contributed by atoms with E-state index in [1.54, 1.807) is 24.3 Å². The minimum Gasteiger partial charge on any atom is -0.494 e. The number of carbonyl (C=O) groups excluding carboxylic acids is 2. The number of anilines is 3. The van der Waals surface area contributed by atoms with Crippen molar-refractivity contribution in [1.82, 2.24) is 0 Å². The molecule has 3 aromatic carbocycles. The summed E-state index contributed by atoms with van der Waals surface area (Å²) in [6, 6.07) is 24.3. The van der Waals surface area contributed by atoms with Gasteiger partial charge in [0.2, 0.25) is 5.91 Å². The smallest absolute Gasteiger partial charge is 0.224 e. The number of ketones is 1. The van der Waals surface area contributed by atoms with E-state index in [1.807, 2.05) is 61.5 Å². The molecule has 0 saturated heterocycles. The molecule has 0 radical (unpaired) electrons. The summed E-state index contributed by atoms with van der Waals surface area (Å²) in [6.45, 7) is 2.49. The van der Waals surface area contributed by atoms with Crippen LogP contribution >= 0.6 is 0 Å². The normalized spacial score (nSPS) is 10.2. The van der Waals surface area contributed by atoms with Crippen LogP contribution in [0.4, 0.5) is 17.1 Å². The molecule has 0 bridgehead atoms. The molecular formula is C24H24N2O3. The Hall–Kier alpha value is -3.60. The highest BCUT2D eigenvalue weighted by Crippen LogP contribution is 2.19. The van der Waals surface area contributed by atoms with Gasteiger partial charge in [-0.1, -0.05) is 18.2 Å². The molecule has 0 aliphatic rings. The second kappa shape index (κ2) is 10.1. The fourth-order valence-electron chi connectivity index (χ4n) is 2.82. The third-order valence-corrected chi connectivity index (χ3v) is 4.30. The van der Waals surface area contributed by atoms with E-state index >= 15 is 0 Å². The van der Waals surface area contributed by atoms with Gasteiger partial charge in [0.05, 0.1) is 6.61 Å². The molecule has 2 N–H and O–H groups in total. The lowest BCUT2D eigenvalue weighted by Crippen LogP contribution is -2.13. The first kappa shape index (κ1) is 20.1. The van der Waals surface area contributed by atoms with Gasteiger partial charge in [-0.15, -0.1) is 0 Å². The van der Waals surface area contributed by atoms with Crippen LogP contribution < -0.4 is 15.4 Å². The van der Waals surface area contributed by atoms with Gasteiger partial charge in [-0.05, 0) is 67.6 Å². The molecule has 148 valence electrons. The molecule has 0 atom stereocenters. The minimum atomic E-state index is -0.187. The van der Waals surface area contributed by atoms with Gasteiger partial charge in [0.15, 0.2) is 5.78 Å². The van der Waals surface area contributed by atoms with E-state index in [2.05, 4.69) is 10.6 Å². The lowest BCUT2D eigenvalue weighted by atomic mass is 10.1. The van der Waals surface area contributed by atoms with E-state index in [4.69, 9.17) is 4.74 Å². The van der Waals surface area contributed by atoms with Crippen LogP contribution in [0.1, 0.15) is 30.1 Å². The topological polar surface area (TPSA) is 67.4 Å². The van der Waals surface area contributed by atoms with Crippen LogP contribution in [0.5, 0.6) is 5.75 Å². The Morgan fingerprint density at radius 3 is 2.03 bits per heavy atom. The Balaban J connectivity index is 1.47. The van der Waals surface area contributed by atoms with Crippen molar-refractivity contribution in [2.75, 3.05) is 17.2 Å². The van der Waals surface area contributed by atoms with Gasteiger partial charge in [-0.3, -0.25) is 9.59 Å². The van der Waals surface area contributed by atoms with E-state index < -0.39 is 0 Å². The molecule has 0 aliphatic carbocycles. The maximum absolute atomic E-state index is 12.3. The van der Waals surface area contributed by atoms with Gasteiger partial charge in [-0.2, -0.15) is 0 Å². The summed E-state index contributed by atoms with van der Waals surface area (Å²) >= 11 is 0. The number of ether oxygens (including phenoxy) is 1. The maximum Gasteiger partial charge on any atom is 0.224 e. The molecule has 0 aliphatic heterocycles. The molecule has 5 heteroatoms. The SMILES string of the molecule is CCOc1ccc(C(=O)CCC(=O)Nc2ccc(Nc3ccccc3)cc2)cc1. The molecule has 1 amide bonds. The predicted octanol–water partition coefficient (Wildman–Crippen LogP) is 5.43. The first-order valence-electron chi connectivity index (χ1n) is 9.62. The lowest BCUT2D eigenvalue weighted by Gasteiger charge is -2.09. The molecule has 0 fully saturated rings. The largest absolute Gasteiger partial charge is 0.494 e.